The second-order valence-electron chi connectivity index (χ2n) is 3.87. The van der Waals surface area contributed by atoms with E-state index in [2.05, 4.69) is 5.32 Å². The first-order valence-electron chi connectivity index (χ1n) is 4.91. The lowest BCUT2D eigenvalue weighted by Crippen LogP contribution is -2.56. The first kappa shape index (κ1) is 12.3. The third-order valence-electron chi connectivity index (χ3n) is 2.70. The lowest BCUT2D eigenvalue weighted by Gasteiger charge is -2.30. The highest BCUT2D eigenvalue weighted by atomic mass is 32.2. The zero-order valence-electron chi connectivity index (χ0n) is 8.28. The van der Waals surface area contributed by atoms with Crippen molar-refractivity contribution in [3.8, 4) is 0 Å². The van der Waals surface area contributed by atoms with Crippen LogP contribution in [0, 0.1) is 5.92 Å². The van der Waals surface area contributed by atoms with Crippen molar-refractivity contribution in [3.05, 3.63) is 0 Å². The quantitative estimate of drug-likeness (QED) is 0.465. The maximum atomic E-state index is 9.06. The number of aliphatic hydroxyl groups excluding tert-OH is 3. The zero-order valence-corrected chi connectivity index (χ0v) is 9.09. The van der Waals surface area contributed by atoms with Gasteiger partial charge in [-0.1, -0.05) is 0 Å². The van der Waals surface area contributed by atoms with E-state index in [0.29, 0.717) is 5.92 Å². The number of rotatable bonds is 6. The third kappa shape index (κ3) is 3.10. The molecule has 1 saturated heterocycles. The molecule has 0 saturated carbocycles. The Morgan fingerprint density at radius 3 is 2.29 bits per heavy atom. The van der Waals surface area contributed by atoms with Crippen LogP contribution in [0.5, 0.6) is 0 Å². The summed E-state index contributed by atoms with van der Waals surface area (Å²) < 4.78 is 0. The molecule has 84 valence electrons. The van der Waals surface area contributed by atoms with Crippen molar-refractivity contribution >= 4 is 11.8 Å². The SMILES string of the molecule is OCC(CO)(CO)NCC1CCSC1. The molecule has 0 spiro atoms. The van der Waals surface area contributed by atoms with Crippen molar-refractivity contribution in [2.24, 2.45) is 5.92 Å². The van der Waals surface area contributed by atoms with Gasteiger partial charge in [0.15, 0.2) is 0 Å². The molecule has 1 atom stereocenters. The minimum atomic E-state index is -0.909. The fourth-order valence-electron chi connectivity index (χ4n) is 1.42. The normalized spacial score (nSPS) is 22.9. The summed E-state index contributed by atoms with van der Waals surface area (Å²) in [6.07, 6.45) is 1.18. The fraction of sp³-hybridized carbons (Fsp3) is 1.00. The lowest BCUT2D eigenvalue weighted by molar-refractivity contribution is 0.0405. The molecule has 0 bridgehead atoms. The van der Waals surface area contributed by atoms with Crippen LogP contribution in [-0.4, -0.2) is 58.7 Å². The molecule has 4 nitrogen and oxygen atoms in total. The van der Waals surface area contributed by atoms with Crippen LogP contribution in [0.15, 0.2) is 0 Å². The Morgan fingerprint density at radius 1 is 1.21 bits per heavy atom. The van der Waals surface area contributed by atoms with Crippen LogP contribution in [0.3, 0.4) is 0 Å². The average Bonchev–Trinajstić information content (AvgIpc) is 2.74. The van der Waals surface area contributed by atoms with Crippen molar-refractivity contribution in [1.29, 1.82) is 0 Å². The minimum Gasteiger partial charge on any atom is -0.394 e. The molecular weight excluding hydrogens is 202 g/mol. The molecule has 1 fully saturated rings. The summed E-state index contributed by atoms with van der Waals surface area (Å²) in [4.78, 5) is 0. The van der Waals surface area contributed by atoms with Gasteiger partial charge in [0.2, 0.25) is 0 Å². The van der Waals surface area contributed by atoms with Gasteiger partial charge < -0.3 is 20.6 Å². The molecule has 0 aromatic rings. The van der Waals surface area contributed by atoms with E-state index in [4.69, 9.17) is 15.3 Å². The van der Waals surface area contributed by atoms with Gasteiger partial charge in [-0.3, -0.25) is 0 Å². The van der Waals surface area contributed by atoms with Crippen molar-refractivity contribution in [3.63, 3.8) is 0 Å². The monoisotopic (exact) mass is 221 g/mol. The predicted molar refractivity (Wildman–Crippen MR) is 57.4 cm³/mol. The van der Waals surface area contributed by atoms with Gasteiger partial charge in [-0.25, -0.2) is 0 Å². The second-order valence-corrected chi connectivity index (χ2v) is 5.02. The van der Waals surface area contributed by atoms with Crippen LogP contribution < -0.4 is 5.32 Å². The highest BCUT2D eigenvalue weighted by Crippen LogP contribution is 2.23. The van der Waals surface area contributed by atoms with Crippen molar-refractivity contribution in [1.82, 2.24) is 5.32 Å². The van der Waals surface area contributed by atoms with Gasteiger partial charge >= 0.3 is 0 Å². The van der Waals surface area contributed by atoms with Crippen molar-refractivity contribution in [2.75, 3.05) is 37.9 Å². The van der Waals surface area contributed by atoms with Crippen LogP contribution >= 0.6 is 11.8 Å². The Morgan fingerprint density at radius 2 is 1.86 bits per heavy atom. The average molecular weight is 221 g/mol. The summed E-state index contributed by atoms with van der Waals surface area (Å²) in [5.41, 5.74) is -0.909. The molecule has 4 N–H and O–H groups in total. The zero-order chi connectivity index (χ0) is 10.4. The first-order chi connectivity index (χ1) is 6.76. The summed E-state index contributed by atoms with van der Waals surface area (Å²) in [5.74, 6) is 2.92. The Hall–Kier alpha value is 0.190. The Kier molecular flexibility index (Phi) is 5.19. The lowest BCUT2D eigenvalue weighted by atomic mass is 10.0. The maximum Gasteiger partial charge on any atom is 0.0881 e. The molecule has 1 rings (SSSR count). The Labute approximate surface area is 88.7 Å². The molecule has 0 aromatic heterocycles. The van der Waals surface area contributed by atoms with E-state index in [0.717, 1.165) is 12.3 Å². The molecule has 0 amide bonds. The molecule has 5 heteroatoms. The van der Waals surface area contributed by atoms with E-state index in [-0.39, 0.29) is 19.8 Å². The van der Waals surface area contributed by atoms with Crippen LogP contribution in [0.1, 0.15) is 6.42 Å². The summed E-state index contributed by atoms with van der Waals surface area (Å²) in [7, 11) is 0. The van der Waals surface area contributed by atoms with Crippen molar-refractivity contribution in [2.45, 2.75) is 12.0 Å². The highest BCUT2D eigenvalue weighted by Gasteiger charge is 2.28. The predicted octanol–water partition coefficient (Wildman–Crippen LogP) is -0.955. The molecular formula is C9H19NO3S. The van der Waals surface area contributed by atoms with E-state index in [1.54, 1.807) is 0 Å². The Bertz CT molecular complexity index is 150. The van der Waals surface area contributed by atoms with E-state index in [1.807, 2.05) is 11.8 Å². The Balaban J connectivity index is 2.31. The number of hydrogen-bond donors (Lipinski definition) is 4. The number of hydrogen-bond acceptors (Lipinski definition) is 5. The van der Waals surface area contributed by atoms with Gasteiger partial charge in [0.1, 0.15) is 0 Å². The molecule has 0 aliphatic carbocycles. The molecule has 1 heterocycles. The second kappa shape index (κ2) is 5.92. The molecule has 1 aliphatic heterocycles. The van der Waals surface area contributed by atoms with E-state index >= 15 is 0 Å². The van der Waals surface area contributed by atoms with Gasteiger partial charge in [0, 0.05) is 0 Å². The number of aliphatic hydroxyl groups is 3. The molecule has 0 radical (unpaired) electrons. The minimum absolute atomic E-state index is 0.236. The third-order valence-corrected chi connectivity index (χ3v) is 3.93. The van der Waals surface area contributed by atoms with E-state index < -0.39 is 5.54 Å². The van der Waals surface area contributed by atoms with E-state index in [9.17, 15) is 0 Å². The van der Waals surface area contributed by atoms with E-state index in [1.165, 1.54) is 12.2 Å². The molecule has 14 heavy (non-hydrogen) atoms. The van der Waals surface area contributed by atoms with Crippen LogP contribution in [-0.2, 0) is 0 Å². The van der Waals surface area contributed by atoms with Gasteiger partial charge in [-0.2, -0.15) is 11.8 Å². The summed E-state index contributed by atoms with van der Waals surface area (Å²) in [6.45, 7) is 0.0499. The molecule has 1 unspecified atom stereocenters. The fourth-order valence-corrected chi connectivity index (χ4v) is 2.71. The number of nitrogens with one attached hydrogen (secondary N) is 1. The number of thioether (sulfide) groups is 1. The first-order valence-corrected chi connectivity index (χ1v) is 6.07. The smallest absolute Gasteiger partial charge is 0.0881 e. The molecule has 0 aromatic carbocycles. The van der Waals surface area contributed by atoms with Crippen molar-refractivity contribution < 1.29 is 15.3 Å². The molecule has 1 aliphatic rings. The van der Waals surface area contributed by atoms with Gasteiger partial charge in [-0.05, 0) is 30.4 Å². The topological polar surface area (TPSA) is 72.7 Å². The van der Waals surface area contributed by atoms with Gasteiger partial charge in [0.25, 0.3) is 0 Å². The largest absolute Gasteiger partial charge is 0.394 e. The maximum absolute atomic E-state index is 9.06. The summed E-state index contributed by atoms with van der Waals surface area (Å²) in [5, 5.41) is 30.2. The standard InChI is InChI=1S/C9H19NO3S/c11-5-9(6-12,7-13)10-3-8-1-2-14-4-8/h8,10-13H,1-7H2. The summed E-state index contributed by atoms with van der Waals surface area (Å²) in [6, 6.07) is 0. The summed E-state index contributed by atoms with van der Waals surface area (Å²) >= 11 is 1.93. The van der Waals surface area contributed by atoms with Crippen LogP contribution in [0.25, 0.3) is 0 Å². The highest BCUT2D eigenvalue weighted by molar-refractivity contribution is 7.99. The van der Waals surface area contributed by atoms with Gasteiger partial charge in [-0.15, -0.1) is 0 Å². The van der Waals surface area contributed by atoms with Crippen LogP contribution in [0.2, 0.25) is 0 Å². The van der Waals surface area contributed by atoms with Crippen LogP contribution in [0.4, 0.5) is 0 Å². The van der Waals surface area contributed by atoms with Gasteiger partial charge in [0.05, 0.1) is 25.4 Å².